The number of piperazine rings is 1. The number of hydrogen-bond donors (Lipinski definition) is 0. The van der Waals surface area contributed by atoms with E-state index in [4.69, 9.17) is 4.98 Å². The molecule has 0 saturated carbocycles. The normalized spacial score (nSPS) is 15.2. The summed E-state index contributed by atoms with van der Waals surface area (Å²) in [5.74, 6) is -0.0323. The number of carbonyl (C=O) groups is 1. The molecule has 0 unspecified atom stereocenters. The number of imidazole rings is 1. The second-order valence-electron chi connectivity index (χ2n) is 9.45. The quantitative estimate of drug-likeness (QED) is 0.285. The molecule has 1 aliphatic heterocycles. The van der Waals surface area contributed by atoms with Gasteiger partial charge in [-0.25, -0.2) is 4.98 Å². The molecule has 0 spiro atoms. The Labute approximate surface area is 220 Å². The molecule has 1 fully saturated rings. The van der Waals surface area contributed by atoms with Gasteiger partial charge in [0.1, 0.15) is 5.82 Å². The SMILES string of the molecule is O=C(c1cc(C(F)(F)F)cc(C(F)(F)F)c1)N1CCN(Cc2nc3ccccc3n2Cc2ccccc2)CC1. The van der Waals surface area contributed by atoms with Gasteiger partial charge in [0.2, 0.25) is 0 Å². The Balaban J connectivity index is 1.31. The number of benzene rings is 3. The van der Waals surface area contributed by atoms with Crippen molar-refractivity contribution < 1.29 is 31.1 Å². The fourth-order valence-corrected chi connectivity index (χ4v) is 4.76. The molecular weight excluding hydrogens is 522 g/mol. The zero-order valence-electron chi connectivity index (χ0n) is 20.6. The molecule has 2 heterocycles. The first-order chi connectivity index (χ1) is 18.5. The van der Waals surface area contributed by atoms with Gasteiger partial charge in [-0.15, -0.1) is 0 Å². The van der Waals surface area contributed by atoms with Crippen LogP contribution in [0.3, 0.4) is 0 Å². The summed E-state index contributed by atoms with van der Waals surface area (Å²) in [6, 6.07) is 18.7. The monoisotopic (exact) mass is 546 g/mol. The number of carbonyl (C=O) groups excluding carboxylic acids is 1. The summed E-state index contributed by atoms with van der Waals surface area (Å²) in [7, 11) is 0. The third kappa shape index (κ3) is 5.93. The minimum Gasteiger partial charge on any atom is -0.336 e. The summed E-state index contributed by atoms with van der Waals surface area (Å²) in [5.41, 5.74) is -0.697. The number of alkyl halides is 6. The topological polar surface area (TPSA) is 41.4 Å². The summed E-state index contributed by atoms with van der Waals surface area (Å²) in [6.45, 7) is 2.21. The average molecular weight is 547 g/mol. The van der Waals surface area contributed by atoms with Gasteiger partial charge in [0.15, 0.2) is 0 Å². The molecule has 11 heteroatoms. The van der Waals surface area contributed by atoms with Gasteiger partial charge in [-0.3, -0.25) is 9.69 Å². The smallest absolute Gasteiger partial charge is 0.336 e. The number of amides is 1. The van der Waals surface area contributed by atoms with E-state index >= 15 is 0 Å². The lowest BCUT2D eigenvalue weighted by atomic mass is 10.0. The third-order valence-electron chi connectivity index (χ3n) is 6.78. The van der Waals surface area contributed by atoms with E-state index in [9.17, 15) is 31.1 Å². The van der Waals surface area contributed by atoms with Crippen LogP contribution in [0, 0.1) is 0 Å². The number of rotatable bonds is 5. The van der Waals surface area contributed by atoms with Crippen LogP contribution in [0.15, 0.2) is 72.8 Å². The van der Waals surface area contributed by atoms with E-state index in [2.05, 4.69) is 9.47 Å². The van der Waals surface area contributed by atoms with Gasteiger partial charge in [-0.2, -0.15) is 26.3 Å². The Bertz CT molecular complexity index is 1440. The van der Waals surface area contributed by atoms with Crippen molar-refractivity contribution in [1.82, 2.24) is 19.4 Å². The van der Waals surface area contributed by atoms with Gasteiger partial charge in [0.25, 0.3) is 5.91 Å². The summed E-state index contributed by atoms with van der Waals surface area (Å²) in [5, 5.41) is 0. The number of aromatic nitrogens is 2. The Morgan fingerprint density at radius 2 is 1.33 bits per heavy atom. The molecule has 4 aromatic rings. The highest BCUT2D eigenvalue weighted by Crippen LogP contribution is 2.36. The van der Waals surface area contributed by atoms with Crippen LogP contribution in [0.25, 0.3) is 11.0 Å². The zero-order chi connectivity index (χ0) is 27.8. The second-order valence-corrected chi connectivity index (χ2v) is 9.45. The molecule has 204 valence electrons. The highest BCUT2D eigenvalue weighted by atomic mass is 19.4. The molecule has 1 saturated heterocycles. The number of para-hydroxylation sites is 2. The average Bonchev–Trinajstić information content (AvgIpc) is 3.24. The van der Waals surface area contributed by atoms with Crippen molar-refractivity contribution in [3.63, 3.8) is 0 Å². The predicted molar refractivity (Wildman–Crippen MR) is 133 cm³/mol. The van der Waals surface area contributed by atoms with Crippen LogP contribution in [0.2, 0.25) is 0 Å². The van der Waals surface area contributed by atoms with Crippen LogP contribution < -0.4 is 0 Å². The van der Waals surface area contributed by atoms with E-state index in [1.165, 1.54) is 4.90 Å². The standard InChI is InChI=1S/C28H24F6N4O/c29-27(30,31)21-14-20(15-22(16-21)28(32,33)34)26(39)37-12-10-36(11-13-37)18-25-35-23-8-4-5-9-24(23)38(25)17-19-6-2-1-3-7-19/h1-9,14-16H,10-13,17-18H2. The van der Waals surface area contributed by atoms with Gasteiger partial charge < -0.3 is 9.47 Å². The van der Waals surface area contributed by atoms with Crippen molar-refractivity contribution in [2.75, 3.05) is 26.2 Å². The molecule has 5 nitrogen and oxygen atoms in total. The molecule has 0 aliphatic carbocycles. The van der Waals surface area contributed by atoms with Crippen LogP contribution in [0.4, 0.5) is 26.3 Å². The fourth-order valence-electron chi connectivity index (χ4n) is 4.76. The second kappa shape index (κ2) is 10.4. The van der Waals surface area contributed by atoms with Crippen molar-refractivity contribution in [2.24, 2.45) is 0 Å². The first-order valence-electron chi connectivity index (χ1n) is 12.3. The van der Waals surface area contributed by atoms with E-state index in [-0.39, 0.29) is 19.2 Å². The lowest BCUT2D eigenvalue weighted by Gasteiger charge is -2.34. The van der Waals surface area contributed by atoms with Gasteiger partial charge >= 0.3 is 12.4 Å². The van der Waals surface area contributed by atoms with Gasteiger partial charge in [0.05, 0.1) is 28.7 Å². The van der Waals surface area contributed by atoms with Gasteiger partial charge in [-0.05, 0) is 35.9 Å². The molecule has 1 aromatic heterocycles. The molecule has 5 rings (SSSR count). The Hall–Kier alpha value is -3.86. The van der Waals surface area contributed by atoms with Crippen molar-refractivity contribution in [3.8, 4) is 0 Å². The summed E-state index contributed by atoms with van der Waals surface area (Å²) in [4.78, 5) is 21.1. The molecule has 39 heavy (non-hydrogen) atoms. The summed E-state index contributed by atoms with van der Waals surface area (Å²) >= 11 is 0. The van der Waals surface area contributed by atoms with Crippen LogP contribution >= 0.6 is 0 Å². The minimum atomic E-state index is -5.01. The van der Waals surface area contributed by atoms with E-state index in [0.717, 1.165) is 22.4 Å². The minimum absolute atomic E-state index is 0.0241. The first kappa shape index (κ1) is 26.7. The first-order valence-corrected chi connectivity index (χ1v) is 12.3. The van der Waals surface area contributed by atoms with Crippen molar-refractivity contribution in [1.29, 1.82) is 0 Å². The van der Waals surface area contributed by atoms with Crippen LogP contribution in [0.1, 0.15) is 32.9 Å². The van der Waals surface area contributed by atoms with Crippen LogP contribution in [-0.4, -0.2) is 51.4 Å². The van der Waals surface area contributed by atoms with E-state index in [1.54, 1.807) is 0 Å². The van der Waals surface area contributed by atoms with Gasteiger partial charge in [0, 0.05) is 38.3 Å². The maximum Gasteiger partial charge on any atom is 0.416 e. The number of nitrogens with zero attached hydrogens (tertiary/aromatic N) is 4. The maximum atomic E-state index is 13.2. The lowest BCUT2D eigenvalue weighted by molar-refractivity contribution is -0.143. The van der Waals surface area contributed by atoms with Crippen molar-refractivity contribution in [2.45, 2.75) is 25.4 Å². The molecule has 3 aromatic carbocycles. The number of hydrogen-bond acceptors (Lipinski definition) is 3. The molecule has 1 amide bonds. The molecule has 0 bridgehead atoms. The third-order valence-corrected chi connectivity index (χ3v) is 6.78. The molecule has 0 N–H and O–H groups in total. The van der Waals surface area contributed by atoms with Crippen molar-refractivity contribution in [3.05, 3.63) is 101 Å². The van der Waals surface area contributed by atoms with E-state index < -0.39 is 35.0 Å². The Morgan fingerprint density at radius 3 is 1.95 bits per heavy atom. The summed E-state index contributed by atoms with van der Waals surface area (Å²) in [6.07, 6.45) is -10.0. The predicted octanol–water partition coefficient (Wildman–Crippen LogP) is 6.08. The van der Waals surface area contributed by atoms with Crippen LogP contribution in [0.5, 0.6) is 0 Å². The Kier molecular flexibility index (Phi) is 7.11. The lowest BCUT2D eigenvalue weighted by Crippen LogP contribution is -2.48. The summed E-state index contributed by atoms with van der Waals surface area (Å²) < 4.78 is 81.6. The van der Waals surface area contributed by atoms with E-state index in [0.29, 0.717) is 38.3 Å². The highest BCUT2D eigenvalue weighted by molar-refractivity contribution is 5.94. The zero-order valence-corrected chi connectivity index (χ0v) is 20.6. The van der Waals surface area contributed by atoms with E-state index in [1.807, 2.05) is 54.6 Å². The highest BCUT2D eigenvalue weighted by Gasteiger charge is 2.38. The molecular formula is C28H24F6N4O. The molecule has 0 atom stereocenters. The van der Waals surface area contributed by atoms with Crippen molar-refractivity contribution >= 4 is 16.9 Å². The van der Waals surface area contributed by atoms with Crippen LogP contribution in [-0.2, 0) is 25.4 Å². The maximum absolute atomic E-state index is 13.2. The largest absolute Gasteiger partial charge is 0.416 e. The number of halogens is 6. The molecule has 0 radical (unpaired) electrons. The van der Waals surface area contributed by atoms with Gasteiger partial charge in [-0.1, -0.05) is 42.5 Å². The molecule has 1 aliphatic rings. The number of fused-ring (bicyclic) bond motifs is 1. The fraction of sp³-hybridized carbons (Fsp3) is 0.286. The Morgan fingerprint density at radius 1 is 0.744 bits per heavy atom.